The summed E-state index contributed by atoms with van der Waals surface area (Å²) in [6, 6.07) is 17.5. The van der Waals surface area contributed by atoms with Gasteiger partial charge in [0.2, 0.25) is 0 Å². The molecule has 0 N–H and O–H groups in total. The van der Waals surface area contributed by atoms with Crippen LogP contribution in [-0.4, -0.2) is 0 Å². The Morgan fingerprint density at radius 1 is 0.882 bits per heavy atom. The van der Waals surface area contributed by atoms with Gasteiger partial charge in [0.25, 0.3) is 0 Å². The third-order valence-electron chi connectivity index (χ3n) is 3.54. The van der Waals surface area contributed by atoms with E-state index in [-0.39, 0.29) is 0 Å². The van der Waals surface area contributed by atoms with E-state index >= 15 is 0 Å². The predicted molar refractivity (Wildman–Crippen MR) is 75.3 cm³/mol. The molecule has 0 unspecified atom stereocenters. The first kappa shape index (κ1) is 10.3. The van der Waals surface area contributed by atoms with Crippen molar-refractivity contribution < 1.29 is 0 Å². The summed E-state index contributed by atoms with van der Waals surface area (Å²) in [5.41, 5.74) is 2.70. The molecule has 0 nitrogen and oxygen atoms in total. The van der Waals surface area contributed by atoms with Crippen molar-refractivity contribution in [3.05, 3.63) is 66.6 Å². The Bertz CT molecular complexity index is 693. The average Bonchev–Trinajstić information content (AvgIpc) is 2.37. The Kier molecular flexibility index (Phi) is 2.36. The Labute approximate surface area is 102 Å². The van der Waals surface area contributed by atoms with E-state index in [0.29, 0.717) is 0 Å². The maximum Gasteiger partial charge on any atom is -0.0146 e. The summed E-state index contributed by atoms with van der Waals surface area (Å²) >= 11 is 0. The van der Waals surface area contributed by atoms with Crippen molar-refractivity contribution in [2.45, 2.75) is 13.3 Å². The lowest BCUT2D eigenvalue weighted by Gasteiger charge is -2.09. The third kappa shape index (κ3) is 1.61. The Morgan fingerprint density at radius 2 is 1.59 bits per heavy atom. The Hall–Kier alpha value is -1.82. The van der Waals surface area contributed by atoms with Gasteiger partial charge in [-0.2, -0.15) is 0 Å². The maximum absolute atomic E-state index is 3.99. The van der Waals surface area contributed by atoms with Crippen molar-refractivity contribution >= 4 is 21.5 Å². The summed E-state index contributed by atoms with van der Waals surface area (Å²) in [5, 5.41) is 5.29. The monoisotopic (exact) mass is 219 g/mol. The summed E-state index contributed by atoms with van der Waals surface area (Å²) in [5.74, 6) is 0. The standard InChI is InChI=1S/C17H15/c1-3-13-8-9-16-10-14-6-4-5-7-15(14)11-17(16)12(13)2/h4-11H,1,3H2,2H3. The molecule has 0 fully saturated rings. The fraction of sp³-hybridized carbons (Fsp3) is 0.118. The molecule has 0 spiro atoms. The fourth-order valence-electron chi connectivity index (χ4n) is 2.48. The smallest absolute Gasteiger partial charge is 0.0146 e. The molecule has 83 valence electrons. The normalized spacial score (nSPS) is 11.2. The van der Waals surface area contributed by atoms with E-state index in [1.54, 1.807) is 0 Å². The molecular formula is C17H15. The van der Waals surface area contributed by atoms with Crippen LogP contribution in [0, 0.1) is 13.8 Å². The van der Waals surface area contributed by atoms with E-state index < -0.39 is 0 Å². The molecule has 3 rings (SSSR count). The quantitative estimate of drug-likeness (QED) is 0.521. The van der Waals surface area contributed by atoms with Crippen molar-refractivity contribution in [3.8, 4) is 0 Å². The molecule has 0 saturated carbocycles. The fourth-order valence-corrected chi connectivity index (χ4v) is 2.48. The Balaban J connectivity index is 2.44. The van der Waals surface area contributed by atoms with E-state index in [4.69, 9.17) is 0 Å². The number of hydrogen-bond donors (Lipinski definition) is 0. The lowest BCUT2D eigenvalue weighted by Crippen LogP contribution is -1.88. The van der Waals surface area contributed by atoms with Crippen LogP contribution in [0.5, 0.6) is 0 Å². The first-order valence-electron chi connectivity index (χ1n) is 6.00. The molecule has 0 heterocycles. The van der Waals surface area contributed by atoms with Gasteiger partial charge in [0.1, 0.15) is 0 Å². The SMILES string of the molecule is [CH2]Cc1ccc2cc3ccccc3cc2c1C. The van der Waals surface area contributed by atoms with Crippen LogP contribution in [0.2, 0.25) is 0 Å². The van der Waals surface area contributed by atoms with Gasteiger partial charge in [-0.15, -0.1) is 0 Å². The first-order valence-corrected chi connectivity index (χ1v) is 6.00. The van der Waals surface area contributed by atoms with Gasteiger partial charge in [-0.25, -0.2) is 0 Å². The van der Waals surface area contributed by atoms with E-state index in [1.165, 1.54) is 32.7 Å². The zero-order valence-electron chi connectivity index (χ0n) is 10.0. The number of aryl methyl sites for hydroxylation is 1. The van der Waals surface area contributed by atoms with Gasteiger partial charge in [0.15, 0.2) is 0 Å². The second kappa shape index (κ2) is 3.89. The predicted octanol–water partition coefficient (Wildman–Crippen LogP) is 4.68. The van der Waals surface area contributed by atoms with Gasteiger partial charge >= 0.3 is 0 Å². The molecule has 3 aromatic carbocycles. The van der Waals surface area contributed by atoms with E-state index in [2.05, 4.69) is 62.4 Å². The molecule has 0 atom stereocenters. The van der Waals surface area contributed by atoms with Crippen LogP contribution in [-0.2, 0) is 6.42 Å². The highest BCUT2D eigenvalue weighted by atomic mass is 14.1. The molecule has 0 bridgehead atoms. The molecule has 0 saturated heterocycles. The molecule has 0 aromatic heterocycles. The molecule has 0 aliphatic carbocycles. The highest BCUT2D eigenvalue weighted by Gasteiger charge is 2.03. The van der Waals surface area contributed by atoms with Gasteiger partial charge in [-0.05, 0) is 65.1 Å². The minimum absolute atomic E-state index is 0.856. The molecule has 0 aliphatic heterocycles. The maximum atomic E-state index is 3.99. The molecule has 0 amide bonds. The topological polar surface area (TPSA) is 0 Å². The van der Waals surface area contributed by atoms with Crippen molar-refractivity contribution in [3.63, 3.8) is 0 Å². The van der Waals surface area contributed by atoms with Crippen molar-refractivity contribution in [1.29, 1.82) is 0 Å². The zero-order chi connectivity index (χ0) is 11.8. The van der Waals surface area contributed by atoms with Crippen molar-refractivity contribution in [2.24, 2.45) is 0 Å². The van der Waals surface area contributed by atoms with Crippen LogP contribution in [0.15, 0.2) is 48.5 Å². The van der Waals surface area contributed by atoms with Gasteiger partial charge in [-0.1, -0.05) is 36.4 Å². The van der Waals surface area contributed by atoms with E-state index in [1.807, 2.05) is 0 Å². The minimum Gasteiger partial charge on any atom is -0.0616 e. The largest absolute Gasteiger partial charge is 0.0616 e. The molecular weight excluding hydrogens is 204 g/mol. The molecule has 1 radical (unpaired) electrons. The third-order valence-corrected chi connectivity index (χ3v) is 3.54. The zero-order valence-corrected chi connectivity index (χ0v) is 10.0. The first-order chi connectivity index (χ1) is 8.29. The molecule has 0 aliphatic rings. The number of benzene rings is 3. The summed E-state index contributed by atoms with van der Waals surface area (Å²) < 4.78 is 0. The average molecular weight is 219 g/mol. The highest BCUT2D eigenvalue weighted by Crippen LogP contribution is 2.27. The van der Waals surface area contributed by atoms with Gasteiger partial charge < -0.3 is 0 Å². The summed E-state index contributed by atoms with van der Waals surface area (Å²) in [6.45, 7) is 6.18. The summed E-state index contributed by atoms with van der Waals surface area (Å²) in [7, 11) is 0. The van der Waals surface area contributed by atoms with Crippen LogP contribution >= 0.6 is 0 Å². The lowest BCUT2D eigenvalue weighted by molar-refractivity contribution is 1.23. The summed E-state index contributed by atoms with van der Waals surface area (Å²) in [6.07, 6.45) is 0.856. The summed E-state index contributed by atoms with van der Waals surface area (Å²) in [4.78, 5) is 0. The highest BCUT2D eigenvalue weighted by molar-refractivity contribution is 5.99. The number of hydrogen-bond acceptors (Lipinski definition) is 0. The van der Waals surface area contributed by atoms with Crippen LogP contribution < -0.4 is 0 Å². The van der Waals surface area contributed by atoms with Gasteiger partial charge in [0, 0.05) is 0 Å². The lowest BCUT2D eigenvalue weighted by atomic mass is 9.96. The molecule has 17 heavy (non-hydrogen) atoms. The van der Waals surface area contributed by atoms with Crippen LogP contribution in [0.4, 0.5) is 0 Å². The van der Waals surface area contributed by atoms with Crippen molar-refractivity contribution in [2.75, 3.05) is 0 Å². The van der Waals surface area contributed by atoms with Crippen LogP contribution in [0.25, 0.3) is 21.5 Å². The van der Waals surface area contributed by atoms with Crippen molar-refractivity contribution in [1.82, 2.24) is 0 Å². The van der Waals surface area contributed by atoms with Crippen LogP contribution in [0.3, 0.4) is 0 Å². The molecule has 0 heteroatoms. The second-order valence-electron chi connectivity index (χ2n) is 4.52. The minimum atomic E-state index is 0.856. The van der Waals surface area contributed by atoms with E-state index in [0.717, 1.165) is 6.42 Å². The number of rotatable bonds is 1. The Morgan fingerprint density at radius 3 is 2.29 bits per heavy atom. The molecule has 3 aromatic rings. The van der Waals surface area contributed by atoms with E-state index in [9.17, 15) is 0 Å². The van der Waals surface area contributed by atoms with Gasteiger partial charge in [0.05, 0.1) is 0 Å². The van der Waals surface area contributed by atoms with Gasteiger partial charge in [-0.3, -0.25) is 0 Å². The van der Waals surface area contributed by atoms with Crippen LogP contribution in [0.1, 0.15) is 11.1 Å². The second-order valence-corrected chi connectivity index (χ2v) is 4.52. The number of fused-ring (bicyclic) bond motifs is 2.